The summed E-state index contributed by atoms with van der Waals surface area (Å²) in [6, 6.07) is 3.04. The lowest BCUT2D eigenvalue weighted by atomic mass is 10.1. The molecule has 0 saturated carbocycles. The van der Waals surface area contributed by atoms with Crippen LogP contribution in [0.5, 0.6) is 5.75 Å². The van der Waals surface area contributed by atoms with E-state index in [4.69, 9.17) is 23.2 Å². The first-order valence-corrected chi connectivity index (χ1v) is 4.89. The van der Waals surface area contributed by atoms with Gasteiger partial charge in [-0.3, -0.25) is 4.79 Å². The molecule has 0 bridgehead atoms. The molecule has 0 fully saturated rings. The van der Waals surface area contributed by atoms with E-state index in [1.807, 2.05) is 0 Å². The van der Waals surface area contributed by atoms with Crippen LogP contribution in [0.3, 0.4) is 0 Å². The van der Waals surface area contributed by atoms with E-state index in [0.717, 1.165) is 18.2 Å². The predicted octanol–water partition coefficient (Wildman–Crippen LogP) is 3.66. The molecule has 0 saturated heterocycles. The Morgan fingerprint density at radius 1 is 1.38 bits per heavy atom. The van der Waals surface area contributed by atoms with Gasteiger partial charge < -0.3 is 4.74 Å². The van der Waals surface area contributed by atoms with Gasteiger partial charge >= 0.3 is 6.36 Å². The molecule has 2 nitrogen and oxygen atoms in total. The number of hydrogen-bond donors (Lipinski definition) is 0. The fourth-order valence-corrected chi connectivity index (χ4v) is 1.41. The average molecular weight is 273 g/mol. The first-order valence-electron chi connectivity index (χ1n) is 3.98. The Morgan fingerprint density at radius 3 is 2.44 bits per heavy atom. The third-order valence-electron chi connectivity index (χ3n) is 1.60. The zero-order valence-electron chi connectivity index (χ0n) is 7.65. The lowest BCUT2D eigenvalue weighted by molar-refractivity contribution is -0.274. The van der Waals surface area contributed by atoms with Gasteiger partial charge in [-0.15, -0.1) is 24.8 Å². The van der Waals surface area contributed by atoms with Crippen LogP contribution in [0, 0.1) is 0 Å². The van der Waals surface area contributed by atoms with E-state index in [1.54, 1.807) is 0 Å². The van der Waals surface area contributed by atoms with Crippen LogP contribution in [0.2, 0.25) is 5.02 Å². The van der Waals surface area contributed by atoms with E-state index in [1.165, 1.54) is 0 Å². The Bertz CT molecular complexity index is 404. The fourth-order valence-electron chi connectivity index (χ4n) is 0.991. The molecule has 0 N–H and O–H groups in total. The highest BCUT2D eigenvalue weighted by atomic mass is 35.5. The number of ketones is 1. The van der Waals surface area contributed by atoms with Gasteiger partial charge in [-0.25, -0.2) is 0 Å². The van der Waals surface area contributed by atoms with Crippen molar-refractivity contribution in [3.05, 3.63) is 28.8 Å². The molecular weight excluding hydrogens is 268 g/mol. The number of alkyl halides is 4. The first kappa shape index (κ1) is 13.1. The summed E-state index contributed by atoms with van der Waals surface area (Å²) in [4.78, 5) is 11.2. The van der Waals surface area contributed by atoms with Crippen LogP contribution >= 0.6 is 23.2 Å². The first-order chi connectivity index (χ1) is 7.33. The summed E-state index contributed by atoms with van der Waals surface area (Å²) >= 11 is 10.9. The number of carbonyl (C=O) groups excluding carboxylic acids is 1. The zero-order valence-corrected chi connectivity index (χ0v) is 9.16. The minimum absolute atomic E-state index is 0.0613. The summed E-state index contributed by atoms with van der Waals surface area (Å²) in [6.07, 6.45) is -4.79. The van der Waals surface area contributed by atoms with Crippen molar-refractivity contribution in [3.63, 3.8) is 0 Å². The van der Waals surface area contributed by atoms with Crippen molar-refractivity contribution in [1.29, 1.82) is 0 Å². The lowest BCUT2D eigenvalue weighted by Gasteiger charge is -2.09. The molecule has 0 heterocycles. The topological polar surface area (TPSA) is 26.3 Å². The Labute approximate surface area is 98.9 Å². The molecule has 0 unspecified atom stereocenters. The normalized spacial score (nSPS) is 11.3. The molecule has 0 spiro atoms. The zero-order chi connectivity index (χ0) is 12.3. The SMILES string of the molecule is O=C(CCl)c1ccc(OC(F)(F)F)cc1Cl. The summed E-state index contributed by atoms with van der Waals surface area (Å²) in [5.74, 6) is -1.24. The second kappa shape index (κ2) is 4.93. The molecule has 1 rings (SSSR count). The van der Waals surface area contributed by atoms with E-state index >= 15 is 0 Å². The van der Waals surface area contributed by atoms with E-state index in [-0.39, 0.29) is 16.5 Å². The van der Waals surface area contributed by atoms with E-state index in [0.29, 0.717) is 0 Å². The molecule has 0 amide bonds. The maximum Gasteiger partial charge on any atom is 0.573 e. The van der Waals surface area contributed by atoms with Crippen LogP contribution in [0.25, 0.3) is 0 Å². The summed E-state index contributed by atoms with van der Waals surface area (Å²) in [5.41, 5.74) is 0.0613. The standard InChI is InChI=1S/C9H5Cl2F3O2/c10-4-8(15)6-2-1-5(3-7(6)11)16-9(12,13)14/h1-3H,4H2. The number of rotatable bonds is 3. The molecule has 0 aliphatic carbocycles. The molecular formula is C9H5Cl2F3O2. The summed E-state index contributed by atoms with van der Waals surface area (Å²) in [7, 11) is 0. The van der Waals surface area contributed by atoms with Crippen LogP contribution in [-0.2, 0) is 0 Å². The molecule has 0 radical (unpaired) electrons. The predicted molar refractivity (Wildman–Crippen MR) is 53.2 cm³/mol. The third kappa shape index (κ3) is 3.57. The maximum absolute atomic E-state index is 11.8. The second-order valence-corrected chi connectivity index (χ2v) is 3.42. The number of hydrogen-bond acceptors (Lipinski definition) is 2. The van der Waals surface area contributed by atoms with Crippen LogP contribution in [-0.4, -0.2) is 18.0 Å². The van der Waals surface area contributed by atoms with Crippen LogP contribution in [0.1, 0.15) is 10.4 Å². The van der Waals surface area contributed by atoms with E-state index in [9.17, 15) is 18.0 Å². The monoisotopic (exact) mass is 272 g/mol. The smallest absolute Gasteiger partial charge is 0.406 e. The third-order valence-corrected chi connectivity index (χ3v) is 2.15. The quantitative estimate of drug-likeness (QED) is 0.620. The minimum Gasteiger partial charge on any atom is -0.406 e. The van der Waals surface area contributed by atoms with Gasteiger partial charge in [0.25, 0.3) is 0 Å². The highest BCUT2D eigenvalue weighted by Gasteiger charge is 2.31. The summed E-state index contributed by atoms with van der Waals surface area (Å²) in [6.45, 7) is 0. The number of Topliss-reactive ketones (excluding diaryl/α,β-unsaturated/α-hetero) is 1. The van der Waals surface area contributed by atoms with Crippen molar-refractivity contribution in [3.8, 4) is 5.75 Å². The Balaban J connectivity index is 2.96. The number of halogens is 5. The Morgan fingerprint density at radius 2 is 2.00 bits per heavy atom. The van der Waals surface area contributed by atoms with Gasteiger partial charge in [0.1, 0.15) is 5.75 Å². The van der Waals surface area contributed by atoms with E-state index in [2.05, 4.69) is 4.74 Å². The van der Waals surface area contributed by atoms with Gasteiger partial charge in [-0.05, 0) is 18.2 Å². The van der Waals surface area contributed by atoms with Crippen molar-refractivity contribution >= 4 is 29.0 Å². The van der Waals surface area contributed by atoms with Gasteiger partial charge in [0.2, 0.25) is 0 Å². The van der Waals surface area contributed by atoms with Crippen LogP contribution < -0.4 is 4.74 Å². The van der Waals surface area contributed by atoms with Gasteiger partial charge in [-0.2, -0.15) is 0 Å². The van der Waals surface area contributed by atoms with Crippen molar-refractivity contribution in [1.82, 2.24) is 0 Å². The van der Waals surface area contributed by atoms with Crippen molar-refractivity contribution in [2.45, 2.75) is 6.36 Å². The average Bonchev–Trinajstić information content (AvgIpc) is 2.14. The molecule has 0 aliphatic heterocycles. The van der Waals surface area contributed by atoms with Crippen molar-refractivity contribution < 1.29 is 22.7 Å². The van der Waals surface area contributed by atoms with Crippen molar-refractivity contribution in [2.75, 3.05) is 5.88 Å². The molecule has 1 aromatic carbocycles. The molecule has 16 heavy (non-hydrogen) atoms. The fraction of sp³-hybridized carbons (Fsp3) is 0.222. The molecule has 1 aromatic rings. The number of ether oxygens (including phenoxy) is 1. The Hall–Kier alpha value is -0.940. The van der Waals surface area contributed by atoms with Gasteiger partial charge in [0.15, 0.2) is 5.78 Å². The van der Waals surface area contributed by atoms with Crippen molar-refractivity contribution in [2.24, 2.45) is 0 Å². The molecule has 7 heteroatoms. The summed E-state index contributed by atoms with van der Waals surface area (Å²) < 4.78 is 39.2. The largest absolute Gasteiger partial charge is 0.573 e. The molecule has 88 valence electrons. The molecule has 0 aromatic heterocycles. The minimum atomic E-state index is -4.79. The van der Waals surface area contributed by atoms with Crippen LogP contribution in [0.4, 0.5) is 13.2 Å². The second-order valence-electron chi connectivity index (χ2n) is 2.75. The maximum atomic E-state index is 11.8. The highest BCUT2D eigenvalue weighted by Crippen LogP contribution is 2.27. The lowest BCUT2D eigenvalue weighted by Crippen LogP contribution is -2.17. The number of benzene rings is 1. The summed E-state index contributed by atoms with van der Waals surface area (Å²) in [5, 5.41) is -0.132. The number of carbonyl (C=O) groups is 1. The molecule has 0 atom stereocenters. The van der Waals surface area contributed by atoms with E-state index < -0.39 is 17.9 Å². The highest BCUT2D eigenvalue weighted by molar-refractivity contribution is 6.37. The van der Waals surface area contributed by atoms with Gasteiger partial charge in [0.05, 0.1) is 10.9 Å². The van der Waals surface area contributed by atoms with Crippen LogP contribution in [0.15, 0.2) is 18.2 Å². The van der Waals surface area contributed by atoms with Gasteiger partial charge in [-0.1, -0.05) is 11.6 Å². The van der Waals surface area contributed by atoms with Gasteiger partial charge in [0, 0.05) is 5.56 Å². The molecule has 0 aliphatic rings. The Kier molecular flexibility index (Phi) is 4.04.